The standard InChI is InChI=1S/C26H33N7O4/c1-14-10-32(11-15(2)37-14)20-8-16-7-19(24(20)35-4)29-22-9-18(27-3)23-25(31-22)33(13-28-23)26(34)30-17-5-6-21(17)36-12-16/h7-9,13-15,17,21H,5-6,10-12H2,1-4H3,(H,30,34)(H2,27,29,31)/t14-,15+,17-,21-/m1/s1. The molecule has 3 N–H and O–H groups in total. The van der Waals surface area contributed by atoms with Crippen molar-refractivity contribution in [3.63, 3.8) is 0 Å². The largest absolute Gasteiger partial charge is 0.492 e. The van der Waals surface area contributed by atoms with Gasteiger partial charge >= 0.3 is 6.03 Å². The third kappa shape index (κ3) is 4.31. The van der Waals surface area contributed by atoms with Crippen molar-refractivity contribution in [3.05, 3.63) is 30.1 Å². The predicted octanol–water partition coefficient (Wildman–Crippen LogP) is 3.46. The molecule has 0 radical (unpaired) electrons. The lowest BCUT2D eigenvalue weighted by molar-refractivity contribution is -0.0323. The van der Waals surface area contributed by atoms with E-state index in [0.717, 1.165) is 54.3 Å². The van der Waals surface area contributed by atoms with Gasteiger partial charge in [-0.05, 0) is 44.4 Å². The number of methoxy groups -OCH3 is 1. The Hall–Kier alpha value is -3.57. The summed E-state index contributed by atoms with van der Waals surface area (Å²) in [5.74, 6) is 1.29. The maximum Gasteiger partial charge on any atom is 0.328 e. The Kier molecular flexibility index (Phi) is 6.04. The molecule has 3 aliphatic rings. The molecule has 1 aliphatic carbocycles. The molecule has 1 saturated carbocycles. The average molecular weight is 508 g/mol. The van der Waals surface area contributed by atoms with Crippen LogP contribution in [0.5, 0.6) is 5.75 Å². The highest BCUT2D eigenvalue weighted by atomic mass is 16.5. The zero-order chi connectivity index (χ0) is 25.7. The van der Waals surface area contributed by atoms with E-state index in [1.54, 1.807) is 7.11 Å². The summed E-state index contributed by atoms with van der Waals surface area (Å²) in [7, 11) is 3.51. The van der Waals surface area contributed by atoms with Gasteiger partial charge in [0, 0.05) is 26.2 Å². The number of nitrogens with one attached hydrogen (secondary N) is 3. The molecule has 1 amide bonds. The van der Waals surface area contributed by atoms with Gasteiger partial charge in [0.25, 0.3) is 0 Å². The van der Waals surface area contributed by atoms with Gasteiger partial charge < -0.3 is 35.1 Å². The molecule has 37 heavy (non-hydrogen) atoms. The lowest BCUT2D eigenvalue weighted by Gasteiger charge is -2.38. The topological polar surface area (TPSA) is 115 Å². The second-order valence-electron chi connectivity index (χ2n) is 10.1. The number of imidazole rings is 1. The molecule has 196 valence electrons. The Morgan fingerprint density at radius 2 is 1.97 bits per heavy atom. The number of ether oxygens (including phenoxy) is 3. The number of carbonyl (C=O) groups is 1. The minimum atomic E-state index is -0.265. The van der Waals surface area contributed by atoms with E-state index in [-0.39, 0.29) is 30.4 Å². The molecular weight excluding hydrogens is 474 g/mol. The van der Waals surface area contributed by atoms with Crippen molar-refractivity contribution in [1.29, 1.82) is 0 Å². The third-order valence-electron chi connectivity index (χ3n) is 7.33. The maximum absolute atomic E-state index is 13.1. The van der Waals surface area contributed by atoms with Crippen LogP contribution in [-0.2, 0) is 16.1 Å². The van der Waals surface area contributed by atoms with Crippen LogP contribution >= 0.6 is 0 Å². The molecule has 2 aliphatic heterocycles. The van der Waals surface area contributed by atoms with Crippen LogP contribution in [0.2, 0.25) is 0 Å². The monoisotopic (exact) mass is 507 g/mol. The Labute approximate surface area is 215 Å². The van der Waals surface area contributed by atoms with E-state index in [9.17, 15) is 4.79 Å². The lowest BCUT2D eigenvalue weighted by atomic mass is 9.89. The minimum absolute atomic E-state index is 0.0524. The molecule has 0 unspecified atom stereocenters. The molecule has 1 aromatic carbocycles. The number of amides is 1. The number of aromatic nitrogens is 3. The molecular formula is C26H33N7O4. The highest BCUT2D eigenvalue weighted by molar-refractivity contribution is 5.95. The number of carbonyl (C=O) groups excluding carboxylic acids is 1. The van der Waals surface area contributed by atoms with Crippen LogP contribution < -0.4 is 25.6 Å². The van der Waals surface area contributed by atoms with Crippen molar-refractivity contribution in [3.8, 4) is 5.75 Å². The van der Waals surface area contributed by atoms with Crippen LogP contribution in [0.15, 0.2) is 24.5 Å². The molecule has 1 saturated heterocycles. The van der Waals surface area contributed by atoms with Crippen LogP contribution in [0.25, 0.3) is 11.2 Å². The summed E-state index contributed by atoms with van der Waals surface area (Å²) in [6.07, 6.45) is 3.43. The molecule has 11 nitrogen and oxygen atoms in total. The summed E-state index contributed by atoms with van der Waals surface area (Å²) in [6.45, 7) is 6.12. The zero-order valence-electron chi connectivity index (χ0n) is 21.6. The quantitative estimate of drug-likeness (QED) is 0.490. The molecule has 4 heterocycles. The van der Waals surface area contributed by atoms with E-state index < -0.39 is 0 Å². The number of rotatable bonds is 3. The summed E-state index contributed by atoms with van der Waals surface area (Å²) in [4.78, 5) is 24.7. The molecule has 3 aromatic rings. The SMILES string of the molecule is CNc1cc2nc3c1ncn3C(=O)N[C@@H]1CC[C@H]1OCc1cc(c(OC)c(N3C[C@@H](C)O[C@@H](C)C3)c1)N2. The molecule has 4 atom stereocenters. The second-order valence-corrected chi connectivity index (χ2v) is 10.1. The van der Waals surface area contributed by atoms with Gasteiger partial charge in [-0.25, -0.2) is 19.3 Å². The van der Waals surface area contributed by atoms with Gasteiger partial charge in [0.15, 0.2) is 11.4 Å². The van der Waals surface area contributed by atoms with Gasteiger partial charge in [-0.3, -0.25) is 0 Å². The van der Waals surface area contributed by atoms with Gasteiger partial charge in [0.2, 0.25) is 0 Å². The van der Waals surface area contributed by atoms with Crippen LogP contribution in [-0.4, -0.2) is 72.2 Å². The van der Waals surface area contributed by atoms with E-state index in [4.69, 9.17) is 19.2 Å². The number of anilines is 4. The van der Waals surface area contributed by atoms with Gasteiger partial charge in [0.1, 0.15) is 17.7 Å². The Bertz CT molecular complexity index is 1330. The second kappa shape index (κ2) is 9.38. The van der Waals surface area contributed by atoms with Crippen molar-refractivity contribution in [1.82, 2.24) is 19.9 Å². The molecule has 11 heteroatoms. The van der Waals surface area contributed by atoms with E-state index in [1.165, 1.54) is 10.9 Å². The number of pyridine rings is 1. The third-order valence-corrected chi connectivity index (χ3v) is 7.33. The minimum Gasteiger partial charge on any atom is -0.492 e. The molecule has 4 bridgehead atoms. The summed E-state index contributed by atoms with van der Waals surface area (Å²) in [5, 5.41) is 9.73. The molecule has 0 spiro atoms. The summed E-state index contributed by atoms with van der Waals surface area (Å²) >= 11 is 0. The first-order valence-electron chi connectivity index (χ1n) is 12.8. The van der Waals surface area contributed by atoms with Crippen LogP contribution in [0.3, 0.4) is 0 Å². The van der Waals surface area contributed by atoms with Crippen molar-refractivity contribution in [2.45, 2.75) is 57.6 Å². The first kappa shape index (κ1) is 23.8. The van der Waals surface area contributed by atoms with Crippen LogP contribution in [0, 0.1) is 0 Å². The summed E-state index contributed by atoms with van der Waals surface area (Å²) in [5.41, 5.74) is 4.62. The summed E-state index contributed by atoms with van der Waals surface area (Å²) in [6, 6.07) is 5.75. The van der Waals surface area contributed by atoms with Crippen LogP contribution in [0.1, 0.15) is 32.3 Å². The number of hydrogen-bond acceptors (Lipinski definition) is 9. The van der Waals surface area contributed by atoms with Gasteiger partial charge in [0.05, 0.1) is 55.1 Å². The molecule has 2 aromatic heterocycles. The Morgan fingerprint density at radius 1 is 1.16 bits per heavy atom. The highest BCUT2D eigenvalue weighted by Crippen LogP contribution is 2.41. The predicted molar refractivity (Wildman–Crippen MR) is 141 cm³/mol. The number of benzene rings is 1. The highest BCUT2D eigenvalue weighted by Gasteiger charge is 2.34. The lowest BCUT2D eigenvalue weighted by Crippen LogP contribution is -2.52. The van der Waals surface area contributed by atoms with Gasteiger partial charge in [-0.2, -0.15) is 0 Å². The fourth-order valence-corrected chi connectivity index (χ4v) is 5.47. The fourth-order valence-electron chi connectivity index (χ4n) is 5.47. The van der Waals surface area contributed by atoms with Crippen LogP contribution in [0.4, 0.5) is 27.7 Å². The van der Waals surface area contributed by atoms with Crippen molar-refractivity contribution in [2.24, 2.45) is 0 Å². The fraction of sp³-hybridized carbons (Fsp3) is 0.500. The van der Waals surface area contributed by atoms with E-state index in [0.29, 0.717) is 23.6 Å². The number of nitrogens with zero attached hydrogens (tertiary/aromatic N) is 4. The van der Waals surface area contributed by atoms with E-state index >= 15 is 0 Å². The summed E-state index contributed by atoms with van der Waals surface area (Å²) < 4.78 is 19.7. The zero-order valence-corrected chi connectivity index (χ0v) is 21.6. The maximum atomic E-state index is 13.1. The molecule has 2 fully saturated rings. The van der Waals surface area contributed by atoms with E-state index in [2.05, 4.69) is 51.8 Å². The van der Waals surface area contributed by atoms with Crippen molar-refractivity contribution < 1.29 is 19.0 Å². The Morgan fingerprint density at radius 3 is 2.68 bits per heavy atom. The Balaban J connectivity index is 1.50. The first-order valence-corrected chi connectivity index (χ1v) is 12.8. The van der Waals surface area contributed by atoms with E-state index in [1.807, 2.05) is 13.1 Å². The molecule has 6 rings (SSSR count). The normalized spacial score (nSPS) is 25.5. The van der Waals surface area contributed by atoms with Crippen molar-refractivity contribution >= 4 is 40.1 Å². The van der Waals surface area contributed by atoms with Gasteiger partial charge in [-0.1, -0.05) is 0 Å². The average Bonchev–Trinajstić information content (AvgIpc) is 3.29. The van der Waals surface area contributed by atoms with Gasteiger partial charge in [-0.15, -0.1) is 0 Å². The number of hydrogen-bond donors (Lipinski definition) is 3. The smallest absolute Gasteiger partial charge is 0.328 e. The number of fused-ring (bicyclic) bond motifs is 4. The first-order chi connectivity index (χ1) is 17.9. The number of morpholine rings is 1. The van der Waals surface area contributed by atoms with Crippen molar-refractivity contribution in [2.75, 3.05) is 42.8 Å².